The van der Waals surface area contributed by atoms with E-state index in [9.17, 15) is 0 Å². The number of methoxy groups -OCH3 is 1. The van der Waals surface area contributed by atoms with E-state index >= 15 is 0 Å². The van der Waals surface area contributed by atoms with E-state index in [1.165, 1.54) is 0 Å². The van der Waals surface area contributed by atoms with Gasteiger partial charge in [-0.2, -0.15) is 0 Å². The summed E-state index contributed by atoms with van der Waals surface area (Å²) in [6, 6.07) is 1.92. The number of hydrogen-bond acceptors (Lipinski definition) is 5. The topological polar surface area (TPSA) is 60.4 Å². The second-order valence-electron chi connectivity index (χ2n) is 3.73. The molecule has 0 aliphatic heterocycles. The van der Waals surface area contributed by atoms with Crippen LogP contribution in [0.15, 0.2) is 27.4 Å². The van der Waals surface area contributed by atoms with Crippen molar-refractivity contribution in [2.24, 2.45) is 0 Å². The van der Waals surface area contributed by atoms with E-state index in [2.05, 4.69) is 10.3 Å². The van der Waals surface area contributed by atoms with Gasteiger partial charge in [-0.25, -0.2) is 4.98 Å². The highest BCUT2D eigenvalue weighted by atomic mass is 16.5. The molecule has 0 aliphatic rings. The van der Waals surface area contributed by atoms with E-state index < -0.39 is 0 Å². The van der Waals surface area contributed by atoms with E-state index in [-0.39, 0.29) is 0 Å². The van der Waals surface area contributed by atoms with Crippen molar-refractivity contribution in [3.63, 3.8) is 0 Å². The molecule has 2 rings (SSSR count). The molecule has 5 heteroatoms. The van der Waals surface area contributed by atoms with Gasteiger partial charge in [0.05, 0.1) is 24.9 Å². The highest BCUT2D eigenvalue weighted by Crippen LogP contribution is 2.22. The maximum absolute atomic E-state index is 5.59. The van der Waals surface area contributed by atoms with Gasteiger partial charge in [-0.3, -0.25) is 0 Å². The van der Waals surface area contributed by atoms with E-state index in [0.717, 1.165) is 23.6 Å². The van der Waals surface area contributed by atoms with Crippen LogP contribution in [-0.2, 0) is 11.3 Å². The van der Waals surface area contributed by atoms with Gasteiger partial charge < -0.3 is 18.9 Å². The molecular formula is C12H16N2O3. The minimum absolute atomic E-state index is 0.597. The van der Waals surface area contributed by atoms with E-state index in [4.69, 9.17) is 13.6 Å². The van der Waals surface area contributed by atoms with Gasteiger partial charge in [0.15, 0.2) is 5.76 Å². The largest absolute Gasteiger partial charge is 0.469 e. The molecule has 2 aromatic heterocycles. The van der Waals surface area contributed by atoms with Gasteiger partial charge >= 0.3 is 0 Å². The first-order valence-corrected chi connectivity index (χ1v) is 5.49. The maximum Gasteiger partial charge on any atom is 0.208 e. The van der Waals surface area contributed by atoms with Gasteiger partial charge in [0.2, 0.25) is 5.89 Å². The molecule has 0 saturated carbocycles. The Bertz CT molecular complexity index is 462. The Kier molecular flexibility index (Phi) is 3.95. The third-order valence-corrected chi connectivity index (χ3v) is 2.33. The van der Waals surface area contributed by atoms with Crippen LogP contribution in [0.3, 0.4) is 0 Å². The third-order valence-electron chi connectivity index (χ3n) is 2.33. The predicted octanol–water partition coefficient (Wildman–Crippen LogP) is 1.98. The zero-order valence-corrected chi connectivity index (χ0v) is 10.0. The summed E-state index contributed by atoms with van der Waals surface area (Å²) in [4.78, 5) is 4.19. The summed E-state index contributed by atoms with van der Waals surface area (Å²) in [5, 5.41) is 3.17. The summed E-state index contributed by atoms with van der Waals surface area (Å²) in [6.07, 6.45) is 3.37. The van der Waals surface area contributed by atoms with Crippen molar-refractivity contribution >= 4 is 0 Å². The summed E-state index contributed by atoms with van der Waals surface area (Å²) in [6.45, 7) is 3.95. The smallest absolute Gasteiger partial charge is 0.208 e. The summed E-state index contributed by atoms with van der Waals surface area (Å²) >= 11 is 0. The molecule has 0 aliphatic carbocycles. The fraction of sp³-hybridized carbons (Fsp3) is 0.417. The first-order valence-electron chi connectivity index (χ1n) is 5.49. The van der Waals surface area contributed by atoms with Gasteiger partial charge in [0, 0.05) is 13.7 Å². The lowest BCUT2D eigenvalue weighted by Crippen LogP contribution is -2.18. The molecule has 0 spiro atoms. The van der Waals surface area contributed by atoms with Crippen LogP contribution in [0.2, 0.25) is 0 Å². The van der Waals surface area contributed by atoms with Gasteiger partial charge in [-0.05, 0) is 13.0 Å². The SMILES string of the molecule is COCCNCc1ncc(-c2coc(C)c2)o1. The van der Waals surface area contributed by atoms with Gasteiger partial charge in [-0.1, -0.05) is 0 Å². The average Bonchev–Trinajstić information content (AvgIpc) is 2.93. The number of ether oxygens (including phenoxy) is 1. The maximum atomic E-state index is 5.59. The zero-order chi connectivity index (χ0) is 12.1. The Balaban J connectivity index is 1.92. The van der Waals surface area contributed by atoms with E-state index in [1.54, 1.807) is 19.6 Å². The predicted molar refractivity (Wildman–Crippen MR) is 62.5 cm³/mol. The molecule has 2 heterocycles. The van der Waals surface area contributed by atoms with Crippen molar-refractivity contribution in [1.82, 2.24) is 10.3 Å². The van der Waals surface area contributed by atoms with Gasteiger partial charge in [-0.15, -0.1) is 0 Å². The van der Waals surface area contributed by atoms with Crippen LogP contribution in [0.25, 0.3) is 11.3 Å². The molecule has 5 nitrogen and oxygen atoms in total. The van der Waals surface area contributed by atoms with Crippen LogP contribution in [0.1, 0.15) is 11.7 Å². The molecule has 0 unspecified atom stereocenters. The molecule has 0 saturated heterocycles. The van der Waals surface area contributed by atoms with Crippen LogP contribution < -0.4 is 5.32 Å². The van der Waals surface area contributed by atoms with Crippen molar-refractivity contribution < 1.29 is 13.6 Å². The van der Waals surface area contributed by atoms with Crippen LogP contribution in [0, 0.1) is 6.92 Å². The lowest BCUT2D eigenvalue weighted by atomic mass is 10.3. The molecule has 92 valence electrons. The zero-order valence-electron chi connectivity index (χ0n) is 10.0. The highest BCUT2D eigenvalue weighted by Gasteiger charge is 2.08. The van der Waals surface area contributed by atoms with Crippen molar-refractivity contribution in [3.8, 4) is 11.3 Å². The Hall–Kier alpha value is -1.59. The number of aryl methyl sites for hydroxylation is 1. The standard InChI is InChI=1S/C12H16N2O3/c1-9-5-10(8-16-9)11-6-14-12(17-11)7-13-3-4-15-2/h5-6,8,13H,3-4,7H2,1-2H3. The second-order valence-corrected chi connectivity index (χ2v) is 3.73. The number of nitrogens with zero attached hydrogens (tertiary/aromatic N) is 1. The molecule has 0 atom stereocenters. The normalized spacial score (nSPS) is 10.9. The quantitative estimate of drug-likeness (QED) is 0.777. The molecular weight excluding hydrogens is 220 g/mol. The average molecular weight is 236 g/mol. The Labute approximate surface area is 99.8 Å². The fourth-order valence-corrected chi connectivity index (χ4v) is 1.47. The first-order chi connectivity index (χ1) is 8.29. The van der Waals surface area contributed by atoms with Crippen LogP contribution in [0.4, 0.5) is 0 Å². The minimum atomic E-state index is 0.597. The molecule has 0 bridgehead atoms. The number of hydrogen-bond donors (Lipinski definition) is 1. The molecule has 0 amide bonds. The number of aromatic nitrogens is 1. The molecule has 1 N–H and O–H groups in total. The van der Waals surface area contributed by atoms with Crippen molar-refractivity contribution in [2.45, 2.75) is 13.5 Å². The number of nitrogens with one attached hydrogen (secondary N) is 1. The minimum Gasteiger partial charge on any atom is -0.469 e. The summed E-state index contributed by atoms with van der Waals surface area (Å²) in [5.74, 6) is 2.25. The molecule has 0 radical (unpaired) electrons. The molecule has 0 fully saturated rings. The first kappa shape index (κ1) is 11.9. The highest BCUT2D eigenvalue weighted by molar-refractivity contribution is 5.55. The van der Waals surface area contributed by atoms with Gasteiger partial charge in [0.1, 0.15) is 12.0 Å². The number of oxazole rings is 1. The van der Waals surface area contributed by atoms with E-state index in [0.29, 0.717) is 19.0 Å². The van der Waals surface area contributed by atoms with Crippen LogP contribution in [-0.4, -0.2) is 25.2 Å². The summed E-state index contributed by atoms with van der Waals surface area (Å²) in [5.41, 5.74) is 0.915. The van der Waals surface area contributed by atoms with Gasteiger partial charge in [0.25, 0.3) is 0 Å². The fourth-order valence-electron chi connectivity index (χ4n) is 1.47. The van der Waals surface area contributed by atoms with Crippen molar-refractivity contribution in [1.29, 1.82) is 0 Å². The monoisotopic (exact) mass is 236 g/mol. The van der Waals surface area contributed by atoms with E-state index in [1.807, 2.05) is 13.0 Å². The second kappa shape index (κ2) is 5.65. The Morgan fingerprint density at radius 3 is 3.06 bits per heavy atom. The summed E-state index contributed by atoms with van der Waals surface area (Å²) < 4.78 is 15.7. The number of furan rings is 1. The lowest BCUT2D eigenvalue weighted by molar-refractivity contribution is 0.198. The van der Waals surface area contributed by atoms with Crippen LogP contribution in [0.5, 0.6) is 0 Å². The van der Waals surface area contributed by atoms with Crippen molar-refractivity contribution in [2.75, 3.05) is 20.3 Å². The third kappa shape index (κ3) is 3.18. The Morgan fingerprint density at radius 1 is 1.47 bits per heavy atom. The lowest BCUT2D eigenvalue weighted by Gasteiger charge is -1.99. The van der Waals surface area contributed by atoms with Crippen molar-refractivity contribution in [3.05, 3.63) is 30.2 Å². The molecule has 17 heavy (non-hydrogen) atoms. The Morgan fingerprint density at radius 2 is 2.35 bits per heavy atom. The summed E-state index contributed by atoms with van der Waals surface area (Å²) in [7, 11) is 1.67. The number of rotatable bonds is 6. The molecule has 2 aromatic rings. The molecule has 0 aromatic carbocycles. The van der Waals surface area contributed by atoms with Crippen LogP contribution >= 0.6 is 0 Å².